The zero-order valence-corrected chi connectivity index (χ0v) is 16.2. The van der Waals surface area contributed by atoms with Gasteiger partial charge in [-0.2, -0.15) is 0 Å². The Morgan fingerprint density at radius 3 is 2.52 bits per heavy atom. The van der Waals surface area contributed by atoms with Gasteiger partial charge in [-0.3, -0.25) is 4.99 Å². The Morgan fingerprint density at radius 1 is 1.17 bits per heavy atom. The third-order valence-corrected chi connectivity index (χ3v) is 4.77. The SMILES string of the molecule is CN=C(NC)NCC1(c2ccc3c(c2)OCCO3)CCCC1.I. The maximum Gasteiger partial charge on any atom is 0.190 e. The number of nitrogens with one attached hydrogen (secondary N) is 2. The topological polar surface area (TPSA) is 54.9 Å². The van der Waals surface area contributed by atoms with Gasteiger partial charge in [0.05, 0.1) is 0 Å². The number of rotatable bonds is 3. The molecule has 1 aromatic carbocycles. The van der Waals surface area contributed by atoms with Crippen LogP contribution in [0.3, 0.4) is 0 Å². The molecule has 0 saturated heterocycles. The Kier molecular flexibility index (Phi) is 6.38. The van der Waals surface area contributed by atoms with Gasteiger partial charge < -0.3 is 20.1 Å². The number of ether oxygens (including phenoxy) is 2. The summed E-state index contributed by atoms with van der Waals surface area (Å²) in [5, 5.41) is 6.54. The van der Waals surface area contributed by atoms with Crippen molar-refractivity contribution in [1.29, 1.82) is 0 Å². The van der Waals surface area contributed by atoms with Crippen LogP contribution >= 0.6 is 24.0 Å². The van der Waals surface area contributed by atoms with Crippen molar-refractivity contribution < 1.29 is 9.47 Å². The van der Waals surface area contributed by atoms with Crippen molar-refractivity contribution in [3.63, 3.8) is 0 Å². The van der Waals surface area contributed by atoms with Crippen molar-refractivity contribution >= 4 is 29.9 Å². The van der Waals surface area contributed by atoms with Crippen molar-refractivity contribution in [3.05, 3.63) is 23.8 Å². The molecule has 1 aromatic rings. The van der Waals surface area contributed by atoms with Crippen molar-refractivity contribution in [2.45, 2.75) is 31.1 Å². The molecule has 128 valence electrons. The van der Waals surface area contributed by atoms with Gasteiger partial charge in [0.25, 0.3) is 0 Å². The summed E-state index contributed by atoms with van der Waals surface area (Å²) in [5.41, 5.74) is 1.50. The summed E-state index contributed by atoms with van der Waals surface area (Å²) in [6.07, 6.45) is 4.93. The molecule has 5 nitrogen and oxygen atoms in total. The number of benzene rings is 1. The third kappa shape index (κ3) is 3.84. The summed E-state index contributed by atoms with van der Waals surface area (Å²) < 4.78 is 11.4. The quantitative estimate of drug-likeness (QED) is 0.439. The molecular formula is C17H26IN3O2. The molecule has 0 spiro atoms. The second-order valence-corrected chi connectivity index (χ2v) is 6.02. The zero-order valence-electron chi connectivity index (χ0n) is 13.9. The number of fused-ring (bicyclic) bond motifs is 1. The second-order valence-electron chi connectivity index (χ2n) is 6.02. The van der Waals surface area contributed by atoms with Crippen LogP contribution in [-0.2, 0) is 5.41 Å². The van der Waals surface area contributed by atoms with Gasteiger partial charge in [-0.1, -0.05) is 18.9 Å². The van der Waals surface area contributed by atoms with Gasteiger partial charge in [-0.05, 0) is 30.5 Å². The largest absolute Gasteiger partial charge is 0.486 e. The van der Waals surface area contributed by atoms with Gasteiger partial charge in [-0.25, -0.2) is 0 Å². The lowest BCUT2D eigenvalue weighted by molar-refractivity contribution is 0.171. The highest BCUT2D eigenvalue weighted by molar-refractivity contribution is 14.0. The lowest BCUT2D eigenvalue weighted by atomic mass is 9.78. The van der Waals surface area contributed by atoms with Gasteiger partial charge >= 0.3 is 0 Å². The van der Waals surface area contributed by atoms with Gasteiger partial charge in [0.2, 0.25) is 0 Å². The minimum atomic E-state index is 0. The normalized spacial score (nSPS) is 19.0. The fourth-order valence-corrected chi connectivity index (χ4v) is 3.52. The molecule has 2 aliphatic rings. The standard InChI is InChI=1S/C17H25N3O2.HI/c1-18-16(19-2)20-12-17(7-3-4-8-17)13-5-6-14-15(11-13)22-10-9-21-14;/h5-6,11H,3-4,7-10,12H2,1-2H3,(H2,18,19,20);1H. The Bertz CT molecular complexity index is 557. The van der Waals surface area contributed by atoms with Crippen molar-refractivity contribution in [2.75, 3.05) is 33.9 Å². The first-order valence-corrected chi connectivity index (χ1v) is 8.06. The van der Waals surface area contributed by atoms with Crippen LogP contribution in [-0.4, -0.2) is 39.8 Å². The molecule has 2 N–H and O–H groups in total. The molecule has 23 heavy (non-hydrogen) atoms. The van der Waals surface area contributed by atoms with Crippen LogP contribution in [0.15, 0.2) is 23.2 Å². The summed E-state index contributed by atoms with van der Waals surface area (Å²) in [5.74, 6) is 2.58. The van der Waals surface area contributed by atoms with E-state index in [-0.39, 0.29) is 29.4 Å². The first-order valence-electron chi connectivity index (χ1n) is 8.06. The molecule has 0 aromatic heterocycles. The molecule has 1 aliphatic heterocycles. The summed E-state index contributed by atoms with van der Waals surface area (Å²) in [7, 11) is 3.69. The molecule has 0 bridgehead atoms. The van der Waals surface area contributed by atoms with Gasteiger partial charge in [0.1, 0.15) is 13.2 Å². The molecular weight excluding hydrogens is 405 g/mol. The molecule has 0 unspecified atom stereocenters. The summed E-state index contributed by atoms with van der Waals surface area (Å²) in [6, 6.07) is 6.42. The minimum Gasteiger partial charge on any atom is -0.486 e. The molecule has 0 atom stereocenters. The summed E-state index contributed by atoms with van der Waals surface area (Å²) in [6.45, 7) is 2.16. The molecule has 0 amide bonds. The highest BCUT2D eigenvalue weighted by atomic mass is 127. The third-order valence-electron chi connectivity index (χ3n) is 4.77. The van der Waals surface area contributed by atoms with Crippen molar-refractivity contribution in [3.8, 4) is 11.5 Å². The van der Waals surface area contributed by atoms with E-state index in [9.17, 15) is 0 Å². The molecule has 0 radical (unpaired) electrons. The number of hydrogen-bond acceptors (Lipinski definition) is 3. The van der Waals surface area contributed by atoms with Crippen LogP contribution in [0.25, 0.3) is 0 Å². The van der Waals surface area contributed by atoms with Crippen LogP contribution in [0.5, 0.6) is 11.5 Å². The van der Waals surface area contributed by atoms with E-state index in [0.29, 0.717) is 13.2 Å². The van der Waals surface area contributed by atoms with E-state index < -0.39 is 0 Å². The number of hydrogen-bond donors (Lipinski definition) is 2. The first kappa shape index (κ1) is 18.2. The minimum absolute atomic E-state index is 0. The fraction of sp³-hybridized carbons (Fsp3) is 0.588. The smallest absolute Gasteiger partial charge is 0.190 e. The van der Waals surface area contributed by atoms with E-state index in [1.54, 1.807) is 7.05 Å². The van der Waals surface area contributed by atoms with E-state index in [0.717, 1.165) is 24.0 Å². The van der Waals surface area contributed by atoms with Crippen LogP contribution in [0.2, 0.25) is 0 Å². The highest BCUT2D eigenvalue weighted by Gasteiger charge is 2.36. The average molecular weight is 431 g/mol. The van der Waals surface area contributed by atoms with Gasteiger partial charge in [0.15, 0.2) is 17.5 Å². The van der Waals surface area contributed by atoms with E-state index >= 15 is 0 Å². The Morgan fingerprint density at radius 2 is 1.87 bits per heavy atom. The Labute approximate surface area is 155 Å². The maximum atomic E-state index is 5.76. The fourth-order valence-electron chi connectivity index (χ4n) is 3.52. The lowest BCUT2D eigenvalue weighted by Crippen LogP contribution is -2.43. The van der Waals surface area contributed by atoms with E-state index in [4.69, 9.17) is 9.47 Å². The van der Waals surface area contributed by atoms with E-state index in [1.165, 1.54) is 31.2 Å². The van der Waals surface area contributed by atoms with E-state index in [1.807, 2.05) is 7.05 Å². The molecule has 1 aliphatic carbocycles. The Balaban J connectivity index is 0.00000192. The summed E-state index contributed by atoms with van der Waals surface area (Å²) in [4.78, 5) is 4.21. The van der Waals surface area contributed by atoms with Crippen molar-refractivity contribution in [2.24, 2.45) is 4.99 Å². The molecule has 1 heterocycles. The van der Waals surface area contributed by atoms with Crippen LogP contribution in [0, 0.1) is 0 Å². The van der Waals surface area contributed by atoms with Gasteiger partial charge in [-0.15, -0.1) is 24.0 Å². The monoisotopic (exact) mass is 431 g/mol. The average Bonchev–Trinajstić information content (AvgIpc) is 3.05. The lowest BCUT2D eigenvalue weighted by Gasteiger charge is -2.31. The number of halogens is 1. The highest BCUT2D eigenvalue weighted by Crippen LogP contribution is 2.43. The van der Waals surface area contributed by atoms with Crippen LogP contribution in [0.1, 0.15) is 31.2 Å². The Hall–Kier alpha value is -1.18. The maximum absolute atomic E-state index is 5.76. The van der Waals surface area contributed by atoms with Crippen molar-refractivity contribution in [1.82, 2.24) is 10.6 Å². The molecule has 3 rings (SSSR count). The predicted octanol–water partition coefficient (Wildman–Crippen LogP) is 2.68. The van der Waals surface area contributed by atoms with Crippen LogP contribution in [0.4, 0.5) is 0 Å². The number of guanidine groups is 1. The van der Waals surface area contributed by atoms with Crippen LogP contribution < -0.4 is 20.1 Å². The first-order chi connectivity index (χ1) is 10.8. The molecule has 1 fully saturated rings. The number of aliphatic imine (C=N–C) groups is 1. The number of nitrogens with zero attached hydrogens (tertiary/aromatic N) is 1. The predicted molar refractivity (Wildman–Crippen MR) is 103 cm³/mol. The second kappa shape index (κ2) is 8.08. The van der Waals surface area contributed by atoms with Gasteiger partial charge in [0, 0.05) is 26.1 Å². The molecule has 1 saturated carbocycles. The zero-order chi connectivity index (χ0) is 15.4. The summed E-state index contributed by atoms with van der Waals surface area (Å²) >= 11 is 0. The molecule has 6 heteroatoms. The van der Waals surface area contributed by atoms with E-state index in [2.05, 4.69) is 33.8 Å².